The van der Waals surface area contributed by atoms with Crippen molar-refractivity contribution in [1.29, 1.82) is 0 Å². The number of carboxylic acids is 1. The summed E-state index contributed by atoms with van der Waals surface area (Å²) in [6.45, 7) is 5.44. The van der Waals surface area contributed by atoms with E-state index in [1.54, 1.807) is 13.8 Å². The summed E-state index contributed by atoms with van der Waals surface area (Å²) in [6, 6.07) is 0. The number of carboxylic acid groups (broad SMARTS) is 1. The third-order valence-corrected chi connectivity index (χ3v) is 1.70. The first-order chi connectivity index (χ1) is 5.31. The molecule has 0 aromatic rings. The molecule has 0 aliphatic carbocycles. The lowest BCUT2D eigenvalue weighted by molar-refractivity contribution is -0.137. The first-order valence-corrected chi connectivity index (χ1v) is 4.25. The monoisotopic (exact) mass is 174 g/mol. The number of aliphatic carboxylic acids is 1. The highest BCUT2D eigenvalue weighted by Crippen LogP contribution is 2.19. The van der Waals surface area contributed by atoms with Gasteiger partial charge in [-0.05, 0) is 32.6 Å². The lowest BCUT2D eigenvalue weighted by atomic mass is 9.92. The van der Waals surface area contributed by atoms with E-state index in [0.717, 1.165) is 0 Å². The zero-order valence-corrected chi connectivity index (χ0v) is 8.00. The number of carbonyl (C=O) groups is 1. The molecule has 0 aliphatic heterocycles. The maximum atomic E-state index is 10.2. The van der Waals surface area contributed by atoms with E-state index < -0.39 is 11.6 Å². The van der Waals surface area contributed by atoms with Crippen LogP contribution in [0.25, 0.3) is 0 Å². The Hall–Kier alpha value is -0.570. The predicted molar refractivity (Wildman–Crippen MR) is 46.9 cm³/mol. The van der Waals surface area contributed by atoms with Gasteiger partial charge in [-0.15, -0.1) is 0 Å². The second-order valence-electron chi connectivity index (χ2n) is 4.05. The molecule has 12 heavy (non-hydrogen) atoms. The van der Waals surface area contributed by atoms with Gasteiger partial charge in [-0.1, -0.05) is 6.92 Å². The highest BCUT2D eigenvalue weighted by atomic mass is 16.4. The van der Waals surface area contributed by atoms with E-state index in [4.69, 9.17) is 5.11 Å². The van der Waals surface area contributed by atoms with E-state index >= 15 is 0 Å². The zero-order valence-electron chi connectivity index (χ0n) is 8.00. The highest BCUT2D eigenvalue weighted by Gasteiger charge is 2.17. The van der Waals surface area contributed by atoms with Crippen LogP contribution in [0.5, 0.6) is 0 Å². The van der Waals surface area contributed by atoms with E-state index in [2.05, 4.69) is 0 Å². The minimum absolute atomic E-state index is 0.192. The van der Waals surface area contributed by atoms with Gasteiger partial charge >= 0.3 is 5.97 Å². The normalized spacial score (nSPS) is 14.3. The molecular weight excluding hydrogens is 156 g/mol. The van der Waals surface area contributed by atoms with Gasteiger partial charge in [0.1, 0.15) is 0 Å². The summed E-state index contributed by atoms with van der Waals surface area (Å²) in [4.78, 5) is 10.2. The predicted octanol–water partition coefficient (Wildman–Crippen LogP) is 1.65. The van der Waals surface area contributed by atoms with E-state index in [1.165, 1.54) is 0 Å². The minimum Gasteiger partial charge on any atom is -0.481 e. The summed E-state index contributed by atoms with van der Waals surface area (Å²) >= 11 is 0. The third-order valence-electron chi connectivity index (χ3n) is 1.70. The Kier molecular flexibility index (Phi) is 4.24. The van der Waals surface area contributed by atoms with E-state index in [-0.39, 0.29) is 12.3 Å². The van der Waals surface area contributed by atoms with Crippen molar-refractivity contribution in [1.82, 2.24) is 0 Å². The van der Waals surface area contributed by atoms with Crippen LogP contribution in [0.4, 0.5) is 0 Å². The van der Waals surface area contributed by atoms with Gasteiger partial charge in [-0.3, -0.25) is 4.79 Å². The van der Waals surface area contributed by atoms with Crippen molar-refractivity contribution in [3.8, 4) is 0 Å². The highest BCUT2D eigenvalue weighted by molar-refractivity contribution is 5.66. The fourth-order valence-corrected chi connectivity index (χ4v) is 1.32. The maximum Gasteiger partial charge on any atom is 0.303 e. The van der Waals surface area contributed by atoms with Crippen LogP contribution in [0.15, 0.2) is 0 Å². The van der Waals surface area contributed by atoms with Crippen LogP contribution < -0.4 is 0 Å². The number of rotatable bonds is 5. The molecule has 0 radical (unpaired) electrons. The minimum atomic E-state index is -0.766. The molecule has 0 saturated heterocycles. The van der Waals surface area contributed by atoms with Crippen LogP contribution in [-0.4, -0.2) is 21.8 Å². The summed E-state index contributed by atoms with van der Waals surface area (Å²) in [5, 5.41) is 17.8. The Bertz CT molecular complexity index is 146. The lowest BCUT2D eigenvalue weighted by Crippen LogP contribution is -2.22. The standard InChI is InChI=1S/C9H18O3/c1-7(4-5-8(10)11)6-9(2,3)12/h7,12H,4-6H2,1-3H3,(H,10,11). The van der Waals surface area contributed by atoms with Crippen LogP contribution >= 0.6 is 0 Å². The molecule has 0 heterocycles. The molecule has 3 heteroatoms. The number of hydrogen-bond donors (Lipinski definition) is 2. The van der Waals surface area contributed by atoms with E-state index in [9.17, 15) is 9.90 Å². The largest absolute Gasteiger partial charge is 0.481 e. The summed E-state index contributed by atoms with van der Waals surface area (Å²) in [7, 11) is 0. The molecule has 72 valence electrons. The molecule has 0 amide bonds. The summed E-state index contributed by atoms with van der Waals surface area (Å²) in [5.41, 5.74) is -0.683. The Labute approximate surface area is 73.4 Å². The molecule has 0 fully saturated rings. The topological polar surface area (TPSA) is 57.5 Å². The van der Waals surface area contributed by atoms with Gasteiger partial charge in [0.2, 0.25) is 0 Å². The van der Waals surface area contributed by atoms with Crippen molar-refractivity contribution < 1.29 is 15.0 Å². The van der Waals surface area contributed by atoms with Gasteiger partial charge in [-0.2, -0.15) is 0 Å². The maximum absolute atomic E-state index is 10.2. The Morgan fingerprint density at radius 1 is 1.50 bits per heavy atom. The number of hydrogen-bond acceptors (Lipinski definition) is 2. The Balaban J connectivity index is 3.60. The summed E-state index contributed by atoms with van der Waals surface area (Å²) < 4.78 is 0. The van der Waals surface area contributed by atoms with Crippen LogP contribution in [0.2, 0.25) is 0 Å². The fourth-order valence-electron chi connectivity index (χ4n) is 1.32. The Morgan fingerprint density at radius 3 is 2.33 bits per heavy atom. The van der Waals surface area contributed by atoms with E-state index in [1.807, 2.05) is 6.92 Å². The van der Waals surface area contributed by atoms with Crippen molar-refractivity contribution in [2.45, 2.75) is 45.6 Å². The van der Waals surface area contributed by atoms with Gasteiger partial charge in [0.05, 0.1) is 5.60 Å². The third kappa shape index (κ3) is 7.54. The molecule has 1 atom stereocenters. The molecule has 0 aromatic heterocycles. The van der Waals surface area contributed by atoms with Crippen molar-refractivity contribution in [3.05, 3.63) is 0 Å². The SMILES string of the molecule is CC(CCC(=O)O)CC(C)(C)O. The molecule has 0 aromatic carbocycles. The van der Waals surface area contributed by atoms with Gasteiger partial charge in [-0.25, -0.2) is 0 Å². The van der Waals surface area contributed by atoms with E-state index in [0.29, 0.717) is 12.8 Å². The van der Waals surface area contributed by atoms with Gasteiger partial charge in [0, 0.05) is 6.42 Å². The first kappa shape index (κ1) is 11.4. The van der Waals surface area contributed by atoms with Crippen molar-refractivity contribution in [2.75, 3.05) is 0 Å². The van der Waals surface area contributed by atoms with Crippen molar-refractivity contribution in [2.24, 2.45) is 5.92 Å². The molecule has 0 rings (SSSR count). The number of aliphatic hydroxyl groups is 1. The Morgan fingerprint density at radius 2 is 2.00 bits per heavy atom. The fraction of sp³-hybridized carbons (Fsp3) is 0.889. The first-order valence-electron chi connectivity index (χ1n) is 4.25. The van der Waals surface area contributed by atoms with Crippen molar-refractivity contribution in [3.63, 3.8) is 0 Å². The quantitative estimate of drug-likeness (QED) is 0.666. The average molecular weight is 174 g/mol. The average Bonchev–Trinajstić information content (AvgIpc) is 1.79. The molecule has 0 aliphatic rings. The van der Waals surface area contributed by atoms with Crippen LogP contribution in [-0.2, 0) is 4.79 Å². The van der Waals surface area contributed by atoms with Gasteiger partial charge in [0.15, 0.2) is 0 Å². The summed E-state index contributed by atoms with van der Waals surface area (Å²) in [6.07, 6.45) is 1.48. The summed E-state index contributed by atoms with van der Waals surface area (Å²) in [5.74, 6) is -0.501. The molecular formula is C9H18O3. The molecule has 2 N–H and O–H groups in total. The van der Waals surface area contributed by atoms with Crippen molar-refractivity contribution >= 4 is 5.97 Å². The van der Waals surface area contributed by atoms with Gasteiger partial charge < -0.3 is 10.2 Å². The zero-order chi connectivity index (χ0) is 9.78. The molecule has 1 unspecified atom stereocenters. The lowest BCUT2D eigenvalue weighted by Gasteiger charge is -2.21. The van der Waals surface area contributed by atoms with Crippen LogP contribution in [0.3, 0.4) is 0 Å². The second kappa shape index (κ2) is 4.45. The van der Waals surface area contributed by atoms with Crippen LogP contribution in [0.1, 0.15) is 40.0 Å². The molecule has 0 saturated carbocycles. The molecule has 3 nitrogen and oxygen atoms in total. The van der Waals surface area contributed by atoms with Gasteiger partial charge in [0.25, 0.3) is 0 Å². The smallest absolute Gasteiger partial charge is 0.303 e. The molecule has 0 spiro atoms. The van der Waals surface area contributed by atoms with Crippen LogP contribution in [0, 0.1) is 5.92 Å². The molecule has 0 bridgehead atoms. The second-order valence-corrected chi connectivity index (χ2v) is 4.05.